The number of rotatable bonds is 2. The van der Waals surface area contributed by atoms with Crippen LogP contribution in [0.2, 0.25) is 0 Å². The lowest BCUT2D eigenvalue weighted by Gasteiger charge is -2.64. The maximum Gasteiger partial charge on any atom is 0.158 e. The zero-order valence-corrected chi connectivity index (χ0v) is 22.2. The summed E-state index contributed by atoms with van der Waals surface area (Å²) >= 11 is 0. The van der Waals surface area contributed by atoms with Crippen LogP contribution in [0.5, 0.6) is 0 Å². The molecule has 0 bridgehead atoms. The van der Waals surface area contributed by atoms with Crippen LogP contribution in [-0.2, 0) is 4.74 Å². The van der Waals surface area contributed by atoms with E-state index in [1.165, 1.54) is 31.3 Å². The molecule has 4 aliphatic carbocycles. The van der Waals surface area contributed by atoms with E-state index in [9.17, 15) is 10.2 Å². The van der Waals surface area contributed by atoms with Crippen molar-refractivity contribution >= 4 is 0 Å². The van der Waals surface area contributed by atoms with Gasteiger partial charge < -0.3 is 14.9 Å². The van der Waals surface area contributed by atoms with E-state index in [-0.39, 0.29) is 34.4 Å². The summed E-state index contributed by atoms with van der Waals surface area (Å²) in [7, 11) is 0. The maximum atomic E-state index is 10.9. The number of fused-ring (bicyclic) bond motifs is 5. The van der Waals surface area contributed by atoms with Gasteiger partial charge in [0.05, 0.1) is 12.2 Å². The molecular formula is C30H48O3. The Labute approximate surface area is 202 Å². The highest BCUT2D eigenvalue weighted by molar-refractivity contribution is 5.33. The zero-order valence-electron chi connectivity index (χ0n) is 22.2. The first-order valence-corrected chi connectivity index (χ1v) is 13.7. The third-order valence-electron chi connectivity index (χ3n) is 12.1. The second-order valence-corrected chi connectivity index (χ2v) is 14.0. The number of hydrogen-bond donors (Lipinski definition) is 2. The first-order chi connectivity index (χ1) is 15.3. The van der Waals surface area contributed by atoms with E-state index in [1.807, 2.05) is 0 Å². The van der Waals surface area contributed by atoms with E-state index in [4.69, 9.17) is 4.74 Å². The van der Waals surface area contributed by atoms with E-state index >= 15 is 0 Å². The molecule has 0 unspecified atom stereocenters. The van der Waals surface area contributed by atoms with Crippen LogP contribution < -0.4 is 0 Å². The van der Waals surface area contributed by atoms with Gasteiger partial charge in [-0.25, -0.2) is 0 Å². The van der Waals surface area contributed by atoms with Crippen molar-refractivity contribution in [2.24, 2.45) is 45.3 Å². The Balaban J connectivity index is 1.46. The summed E-state index contributed by atoms with van der Waals surface area (Å²) in [5, 5.41) is 21.8. The highest BCUT2D eigenvalue weighted by Gasteiger charge is 2.66. The van der Waals surface area contributed by atoms with Crippen LogP contribution >= 0.6 is 0 Å². The fourth-order valence-electron chi connectivity index (χ4n) is 9.99. The lowest BCUT2D eigenvalue weighted by atomic mass is 9.41. The lowest BCUT2D eigenvalue weighted by Crippen LogP contribution is -2.58. The highest BCUT2D eigenvalue weighted by atomic mass is 16.6. The van der Waals surface area contributed by atoms with E-state index in [1.54, 1.807) is 5.57 Å². The van der Waals surface area contributed by atoms with Gasteiger partial charge in [0.1, 0.15) is 0 Å². The van der Waals surface area contributed by atoms with Gasteiger partial charge in [0.2, 0.25) is 0 Å². The van der Waals surface area contributed by atoms with Crippen molar-refractivity contribution in [2.75, 3.05) is 0 Å². The standard InChI is InChI=1S/C30H48O3/c1-18(2)16-19-17-20(26(32)33-19)21-10-14-30(7)23-8-9-24-27(3,4)25(31)12-13-28(24,5)22(23)11-15-29(21,30)6/h8,16,19-22,24-26,31-32H,9-15,17H2,1-7H3/t19-,20-,21-,22-,24-,25+,26+,28+,29-,30+/m0/s1. The second kappa shape index (κ2) is 7.68. The van der Waals surface area contributed by atoms with Gasteiger partial charge in [-0.15, -0.1) is 0 Å². The molecule has 10 atom stereocenters. The molecule has 5 aliphatic rings. The predicted octanol–water partition coefficient (Wildman–Crippen LogP) is 6.64. The first kappa shape index (κ1) is 24.1. The normalized spacial score (nSPS) is 53.0. The van der Waals surface area contributed by atoms with Gasteiger partial charge in [0.15, 0.2) is 6.29 Å². The molecule has 0 aromatic heterocycles. The van der Waals surface area contributed by atoms with Crippen LogP contribution in [-0.4, -0.2) is 28.7 Å². The van der Waals surface area contributed by atoms with Crippen LogP contribution in [0, 0.1) is 45.3 Å². The third kappa shape index (κ3) is 3.24. The molecule has 5 rings (SSSR count). The summed E-state index contributed by atoms with van der Waals surface area (Å²) in [6, 6.07) is 0. The molecule has 3 saturated carbocycles. The van der Waals surface area contributed by atoms with Crippen LogP contribution in [0.15, 0.2) is 23.3 Å². The summed E-state index contributed by atoms with van der Waals surface area (Å²) in [6.07, 6.45) is 13.2. The summed E-state index contributed by atoms with van der Waals surface area (Å²) in [4.78, 5) is 0. The van der Waals surface area contributed by atoms with Crippen molar-refractivity contribution in [3.8, 4) is 0 Å². The monoisotopic (exact) mass is 456 g/mol. The van der Waals surface area contributed by atoms with Crippen LogP contribution in [0.4, 0.5) is 0 Å². The van der Waals surface area contributed by atoms with Gasteiger partial charge in [-0.1, -0.05) is 57.9 Å². The van der Waals surface area contributed by atoms with Gasteiger partial charge >= 0.3 is 0 Å². The molecule has 3 nitrogen and oxygen atoms in total. The average Bonchev–Trinajstić information content (AvgIpc) is 3.20. The molecule has 0 amide bonds. The van der Waals surface area contributed by atoms with E-state index in [2.05, 4.69) is 60.6 Å². The Kier molecular flexibility index (Phi) is 5.60. The fourth-order valence-corrected chi connectivity index (χ4v) is 9.99. The molecule has 0 spiro atoms. The summed E-state index contributed by atoms with van der Waals surface area (Å²) in [5.74, 6) is 1.96. The molecular weight excluding hydrogens is 408 g/mol. The SMILES string of the molecule is CC(C)=C[C@H]1C[C@@H]([C@@H]2CC[C@]3(C)C4=CC[C@H]5C(C)(C)[C@H](O)CC[C@]5(C)[C@H]4CC[C@@]23C)[C@H](O)O1. The number of ether oxygens (including phenoxy) is 1. The number of aliphatic hydroxyl groups excluding tert-OH is 2. The lowest BCUT2D eigenvalue weighted by molar-refractivity contribution is -0.140. The van der Waals surface area contributed by atoms with Gasteiger partial charge in [0, 0.05) is 5.92 Å². The minimum atomic E-state index is -0.629. The Hall–Kier alpha value is -0.640. The van der Waals surface area contributed by atoms with Gasteiger partial charge in [0.25, 0.3) is 0 Å². The number of allylic oxidation sites excluding steroid dienone is 3. The highest BCUT2D eigenvalue weighted by Crippen LogP contribution is 2.73. The quantitative estimate of drug-likeness (QED) is 0.458. The van der Waals surface area contributed by atoms with Crippen molar-refractivity contribution in [2.45, 2.75) is 118 Å². The van der Waals surface area contributed by atoms with Crippen molar-refractivity contribution in [1.82, 2.24) is 0 Å². The predicted molar refractivity (Wildman–Crippen MR) is 133 cm³/mol. The molecule has 0 aromatic rings. The van der Waals surface area contributed by atoms with E-state index in [0.29, 0.717) is 23.2 Å². The molecule has 0 radical (unpaired) electrons. The van der Waals surface area contributed by atoms with Crippen molar-refractivity contribution in [3.05, 3.63) is 23.3 Å². The average molecular weight is 457 g/mol. The van der Waals surface area contributed by atoms with Crippen molar-refractivity contribution < 1.29 is 14.9 Å². The first-order valence-electron chi connectivity index (χ1n) is 13.7. The fraction of sp³-hybridized carbons (Fsp3) is 0.867. The topological polar surface area (TPSA) is 49.7 Å². The summed E-state index contributed by atoms with van der Waals surface area (Å²) < 4.78 is 6.02. The van der Waals surface area contributed by atoms with E-state index in [0.717, 1.165) is 25.7 Å². The molecule has 3 heteroatoms. The molecule has 33 heavy (non-hydrogen) atoms. The maximum absolute atomic E-state index is 10.9. The molecule has 1 heterocycles. The molecule has 2 N–H and O–H groups in total. The minimum Gasteiger partial charge on any atom is -0.393 e. The van der Waals surface area contributed by atoms with Crippen LogP contribution in [0.1, 0.15) is 99.8 Å². The molecule has 4 fully saturated rings. The smallest absolute Gasteiger partial charge is 0.158 e. The third-order valence-corrected chi connectivity index (χ3v) is 12.1. The van der Waals surface area contributed by atoms with Crippen molar-refractivity contribution in [3.63, 3.8) is 0 Å². The Morgan fingerprint density at radius 2 is 1.73 bits per heavy atom. The Bertz CT molecular complexity index is 853. The van der Waals surface area contributed by atoms with Crippen LogP contribution in [0.25, 0.3) is 0 Å². The summed E-state index contributed by atoms with van der Waals surface area (Å²) in [5.41, 5.74) is 3.71. The molecule has 0 aromatic carbocycles. The Morgan fingerprint density at radius 1 is 1.00 bits per heavy atom. The van der Waals surface area contributed by atoms with Gasteiger partial charge in [-0.3, -0.25) is 0 Å². The summed E-state index contributed by atoms with van der Waals surface area (Å²) in [6.45, 7) is 16.5. The Morgan fingerprint density at radius 3 is 2.42 bits per heavy atom. The second-order valence-electron chi connectivity index (χ2n) is 14.0. The minimum absolute atomic E-state index is 0.0138. The molecule has 1 saturated heterocycles. The van der Waals surface area contributed by atoms with Gasteiger partial charge in [-0.05, 0) is 105 Å². The van der Waals surface area contributed by atoms with E-state index < -0.39 is 6.29 Å². The van der Waals surface area contributed by atoms with Crippen LogP contribution in [0.3, 0.4) is 0 Å². The molecule has 1 aliphatic heterocycles. The number of hydrogen-bond acceptors (Lipinski definition) is 3. The number of aliphatic hydroxyl groups is 2. The largest absolute Gasteiger partial charge is 0.393 e. The zero-order chi connectivity index (χ0) is 24.0. The van der Waals surface area contributed by atoms with Crippen molar-refractivity contribution in [1.29, 1.82) is 0 Å². The molecule has 186 valence electrons. The van der Waals surface area contributed by atoms with Gasteiger partial charge in [-0.2, -0.15) is 0 Å².